The van der Waals surface area contributed by atoms with Crippen LogP contribution in [-0.2, 0) is 16.6 Å². The second-order valence-electron chi connectivity index (χ2n) is 9.19. The van der Waals surface area contributed by atoms with Crippen molar-refractivity contribution in [2.75, 3.05) is 16.8 Å². The molecule has 1 aromatic carbocycles. The molecule has 3 amide bonds. The molecule has 2 heterocycles. The molecule has 1 saturated heterocycles. The van der Waals surface area contributed by atoms with Gasteiger partial charge in [0.25, 0.3) is 11.5 Å². The van der Waals surface area contributed by atoms with Gasteiger partial charge in [-0.3, -0.25) is 19.2 Å². The zero-order chi connectivity index (χ0) is 24.4. The molecular weight excluding hydrogens is 420 g/mol. The molecule has 8 nitrogen and oxygen atoms in total. The van der Waals surface area contributed by atoms with Gasteiger partial charge in [-0.05, 0) is 52.8 Å². The highest BCUT2D eigenvalue weighted by Crippen LogP contribution is 2.26. The molecule has 1 aromatic heterocycles. The topological polar surface area (TPSA) is 91.7 Å². The lowest BCUT2D eigenvalue weighted by atomic mass is 10.1. The number of nitrogens with one attached hydrogen (secondary N) is 1. The summed E-state index contributed by atoms with van der Waals surface area (Å²) in [6.45, 7) is 9.92. The van der Waals surface area contributed by atoms with Gasteiger partial charge in [-0.25, -0.2) is 0 Å². The van der Waals surface area contributed by atoms with Crippen LogP contribution in [0.15, 0.2) is 41.3 Å². The van der Waals surface area contributed by atoms with Crippen LogP contribution in [-0.4, -0.2) is 45.8 Å². The fourth-order valence-electron chi connectivity index (χ4n) is 4.22. The van der Waals surface area contributed by atoms with Crippen LogP contribution < -0.4 is 15.8 Å². The fourth-order valence-corrected chi connectivity index (χ4v) is 4.22. The van der Waals surface area contributed by atoms with E-state index in [9.17, 15) is 19.2 Å². The van der Waals surface area contributed by atoms with E-state index >= 15 is 0 Å². The van der Waals surface area contributed by atoms with E-state index in [0.717, 1.165) is 11.3 Å². The summed E-state index contributed by atoms with van der Waals surface area (Å²) >= 11 is 0. The maximum Gasteiger partial charge on any atom is 0.274 e. The van der Waals surface area contributed by atoms with E-state index in [-0.39, 0.29) is 42.6 Å². The zero-order valence-electron chi connectivity index (χ0n) is 20.1. The molecule has 1 atom stereocenters. The molecule has 0 saturated carbocycles. The van der Waals surface area contributed by atoms with Gasteiger partial charge in [0.15, 0.2) is 0 Å². The number of aryl methyl sites for hydroxylation is 2. The monoisotopic (exact) mass is 452 g/mol. The Bertz CT molecular complexity index is 1110. The van der Waals surface area contributed by atoms with Crippen LogP contribution in [0.4, 0.5) is 11.4 Å². The Labute approximate surface area is 194 Å². The Kier molecular flexibility index (Phi) is 7.05. The number of carbonyl (C=O) groups is 3. The standard InChI is InChI=1S/C25H32N4O4/c1-15(2)29(16(3)4)24(32)19-11-21(25(33)27(6)13-19)26-23(31)18-12-22(30)28(14-18)20-9-7-17(5)8-10-20/h7-11,13,15-16,18H,12,14H2,1-6H3,(H,26,31). The largest absolute Gasteiger partial charge is 0.334 e. The summed E-state index contributed by atoms with van der Waals surface area (Å²) in [5.41, 5.74) is 1.76. The Hall–Kier alpha value is -3.42. The summed E-state index contributed by atoms with van der Waals surface area (Å²) < 4.78 is 1.29. The van der Waals surface area contributed by atoms with Gasteiger partial charge in [-0.15, -0.1) is 0 Å². The van der Waals surface area contributed by atoms with Gasteiger partial charge >= 0.3 is 0 Å². The highest BCUT2D eigenvalue weighted by Gasteiger charge is 2.35. The van der Waals surface area contributed by atoms with Crippen LogP contribution in [0.25, 0.3) is 0 Å². The van der Waals surface area contributed by atoms with E-state index in [4.69, 9.17) is 0 Å². The van der Waals surface area contributed by atoms with Crippen molar-refractivity contribution in [3.8, 4) is 0 Å². The number of hydrogen-bond acceptors (Lipinski definition) is 4. The molecule has 1 aliphatic rings. The third-order valence-corrected chi connectivity index (χ3v) is 5.88. The summed E-state index contributed by atoms with van der Waals surface area (Å²) in [4.78, 5) is 54.5. The summed E-state index contributed by atoms with van der Waals surface area (Å²) in [5.74, 6) is -1.36. The Balaban J connectivity index is 1.81. The Morgan fingerprint density at radius 2 is 1.67 bits per heavy atom. The molecule has 3 rings (SSSR count). The lowest BCUT2D eigenvalue weighted by Crippen LogP contribution is -2.42. The van der Waals surface area contributed by atoms with Crippen LogP contribution >= 0.6 is 0 Å². The number of pyridine rings is 1. The summed E-state index contributed by atoms with van der Waals surface area (Å²) in [6.07, 6.45) is 1.55. The number of carbonyl (C=O) groups excluding carboxylic acids is 3. The third-order valence-electron chi connectivity index (χ3n) is 5.88. The van der Waals surface area contributed by atoms with Crippen LogP contribution in [0.5, 0.6) is 0 Å². The lowest BCUT2D eigenvalue weighted by Gasteiger charge is -2.31. The first-order valence-corrected chi connectivity index (χ1v) is 11.2. The van der Waals surface area contributed by atoms with E-state index in [0.29, 0.717) is 5.56 Å². The number of anilines is 2. The quantitative estimate of drug-likeness (QED) is 0.730. The molecule has 0 aliphatic carbocycles. The van der Waals surface area contributed by atoms with Gasteiger partial charge in [-0.1, -0.05) is 17.7 Å². The first-order valence-electron chi connectivity index (χ1n) is 11.2. The normalized spacial score (nSPS) is 15.9. The van der Waals surface area contributed by atoms with Gasteiger partial charge < -0.3 is 19.7 Å². The van der Waals surface area contributed by atoms with Crippen molar-refractivity contribution < 1.29 is 14.4 Å². The predicted molar refractivity (Wildman–Crippen MR) is 128 cm³/mol. The van der Waals surface area contributed by atoms with E-state index in [1.54, 1.807) is 16.8 Å². The summed E-state index contributed by atoms with van der Waals surface area (Å²) in [7, 11) is 1.54. The van der Waals surface area contributed by atoms with E-state index in [1.165, 1.54) is 16.8 Å². The molecule has 0 bridgehead atoms. The van der Waals surface area contributed by atoms with Crippen LogP contribution in [0.3, 0.4) is 0 Å². The molecule has 8 heteroatoms. The minimum atomic E-state index is -0.592. The number of aromatic nitrogens is 1. The van der Waals surface area contributed by atoms with Gasteiger partial charge in [0, 0.05) is 44.0 Å². The smallest absolute Gasteiger partial charge is 0.274 e. The van der Waals surface area contributed by atoms with Crippen LogP contribution in [0.1, 0.15) is 50.0 Å². The highest BCUT2D eigenvalue weighted by atomic mass is 16.2. The number of benzene rings is 1. The first-order chi connectivity index (χ1) is 15.5. The van der Waals surface area contributed by atoms with Crippen LogP contribution in [0.2, 0.25) is 0 Å². The van der Waals surface area contributed by atoms with Crippen molar-refractivity contribution in [3.63, 3.8) is 0 Å². The molecule has 1 N–H and O–H groups in total. The molecule has 1 fully saturated rings. The van der Waals surface area contributed by atoms with E-state index in [1.807, 2.05) is 58.9 Å². The lowest BCUT2D eigenvalue weighted by molar-refractivity contribution is -0.122. The van der Waals surface area contributed by atoms with E-state index < -0.39 is 17.4 Å². The van der Waals surface area contributed by atoms with E-state index in [2.05, 4.69) is 5.32 Å². The molecule has 0 spiro atoms. The average Bonchev–Trinajstić information content (AvgIpc) is 3.13. The molecule has 1 aliphatic heterocycles. The van der Waals surface area contributed by atoms with Crippen LogP contribution in [0, 0.1) is 12.8 Å². The maximum atomic E-state index is 13.1. The predicted octanol–water partition coefficient (Wildman–Crippen LogP) is 2.94. The van der Waals surface area contributed by atoms with Crippen molar-refractivity contribution in [1.29, 1.82) is 0 Å². The molecule has 33 heavy (non-hydrogen) atoms. The van der Waals surface area contributed by atoms with Crippen molar-refractivity contribution in [1.82, 2.24) is 9.47 Å². The Morgan fingerprint density at radius 3 is 2.24 bits per heavy atom. The Morgan fingerprint density at radius 1 is 1.06 bits per heavy atom. The zero-order valence-corrected chi connectivity index (χ0v) is 20.1. The van der Waals surface area contributed by atoms with Gasteiger partial charge in [0.1, 0.15) is 5.69 Å². The first kappa shape index (κ1) is 24.2. The van der Waals surface area contributed by atoms with Crippen molar-refractivity contribution >= 4 is 29.1 Å². The minimum Gasteiger partial charge on any atom is -0.334 e. The summed E-state index contributed by atoms with van der Waals surface area (Å²) in [6, 6.07) is 8.92. The number of rotatable bonds is 6. The number of nitrogens with zero attached hydrogens (tertiary/aromatic N) is 3. The number of amides is 3. The molecular formula is C25H32N4O4. The second kappa shape index (κ2) is 9.60. The number of hydrogen-bond donors (Lipinski definition) is 1. The second-order valence-corrected chi connectivity index (χ2v) is 9.19. The molecule has 176 valence electrons. The fraction of sp³-hybridized carbons (Fsp3) is 0.440. The summed E-state index contributed by atoms with van der Waals surface area (Å²) in [5, 5.41) is 2.67. The maximum absolute atomic E-state index is 13.1. The van der Waals surface area contributed by atoms with Gasteiger partial charge in [0.2, 0.25) is 11.8 Å². The van der Waals surface area contributed by atoms with Gasteiger partial charge in [-0.2, -0.15) is 0 Å². The van der Waals surface area contributed by atoms with Crippen molar-refractivity contribution in [3.05, 3.63) is 58.0 Å². The molecule has 1 unspecified atom stereocenters. The minimum absolute atomic E-state index is 0.0231. The average molecular weight is 453 g/mol. The van der Waals surface area contributed by atoms with Crippen molar-refractivity contribution in [2.45, 2.75) is 53.1 Å². The SMILES string of the molecule is Cc1ccc(N2CC(C(=O)Nc3cc(C(=O)N(C(C)C)C(C)C)cn(C)c3=O)CC2=O)cc1. The highest BCUT2D eigenvalue weighted by molar-refractivity contribution is 6.04. The van der Waals surface area contributed by atoms with Crippen molar-refractivity contribution in [2.24, 2.45) is 13.0 Å². The third kappa shape index (κ3) is 5.16. The molecule has 0 radical (unpaired) electrons. The van der Waals surface area contributed by atoms with Gasteiger partial charge in [0.05, 0.1) is 11.5 Å². The molecule has 2 aromatic rings.